The highest BCUT2D eigenvalue weighted by Crippen LogP contribution is 2.40. The van der Waals surface area contributed by atoms with Crippen LogP contribution in [0.25, 0.3) is 11.3 Å². The number of anilines is 3. The van der Waals surface area contributed by atoms with E-state index in [-0.39, 0.29) is 10.8 Å². The molecule has 0 radical (unpaired) electrons. The number of rotatable bonds is 7. The molecule has 0 bridgehead atoms. The van der Waals surface area contributed by atoms with Gasteiger partial charge in [0.05, 0.1) is 28.6 Å². The molecule has 0 unspecified atom stereocenters. The van der Waals surface area contributed by atoms with Crippen LogP contribution in [0.1, 0.15) is 19.4 Å². The first-order valence-corrected chi connectivity index (χ1v) is 14.5. The lowest BCUT2D eigenvalue weighted by molar-refractivity contribution is 0.416. The van der Waals surface area contributed by atoms with Crippen LogP contribution < -0.4 is 21.1 Å². The van der Waals surface area contributed by atoms with Crippen molar-refractivity contribution < 1.29 is 17.7 Å². The van der Waals surface area contributed by atoms with Crippen molar-refractivity contribution in [2.45, 2.75) is 30.9 Å². The van der Waals surface area contributed by atoms with E-state index in [9.17, 15) is 13.0 Å². The van der Waals surface area contributed by atoms with Crippen LogP contribution in [-0.4, -0.2) is 44.1 Å². The van der Waals surface area contributed by atoms with Crippen molar-refractivity contribution in [3.05, 3.63) is 48.0 Å². The van der Waals surface area contributed by atoms with E-state index in [4.69, 9.17) is 10.5 Å². The van der Waals surface area contributed by atoms with Gasteiger partial charge in [0, 0.05) is 16.4 Å². The van der Waals surface area contributed by atoms with E-state index >= 15 is 0 Å². The summed E-state index contributed by atoms with van der Waals surface area (Å²) < 4.78 is 43.8. The summed E-state index contributed by atoms with van der Waals surface area (Å²) in [5.74, 6) is 0.906. The summed E-state index contributed by atoms with van der Waals surface area (Å²) in [6.45, 7) is 8.48. The molecule has 176 valence electrons. The van der Waals surface area contributed by atoms with Gasteiger partial charge in [-0.05, 0) is 58.4 Å². The monoisotopic (exact) mass is 488 g/mol. The third kappa shape index (κ3) is 5.04. The molecule has 0 saturated heterocycles. The second kappa shape index (κ2) is 9.15. The number of ether oxygens (including phenoxy) is 1. The zero-order valence-electron chi connectivity index (χ0n) is 19.6. The zero-order valence-corrected chi connectivity index (χ0v) is 21.3. The molecule has 3 rings (SSSR count). The maximum Gasteiger partial charge on any atom is 0.222 e. The lowest BCUT2D eigenvalue weighted by atomic mass is 10.1. The Labute approximate surface area is 194 Å². The molecule has 8 nitrogen and oxygen atoms in total. The molecule has 33 heavy (non-hydrogen) atoms. The minimum Gasteiger partial charge on any atom is -0.496 e. The molecule has 0 aliphatic carbocycles. The van der Waals surface area contributed by atoms with Crippen LogP contribution in [0.4, 0.5) is 17.5 Å². The van der Waals surface area contributed by atoms with Crippen LogP contribution in [0.2, 0.25) is 0 Å². The highest BCUT2D eigenvalue weighted by molar-refractivity contribution is 7.92. The van der Waals surface area contributed by atoms with Crippen LogP contribution in [0.15, 0.2) is 47.4 Å². The Kier molecular flexibility index (Phi) is 6.86. The van der Waals surface area contributed by atoms with E-state index in [1.54, 1.807) is 69.6 Å². The van der Waals surface area contributed by atoms with Gasteiger partial charge >= 0.3 is 0 Å². The Balaban J connectivity index is 2.15. The summed E-state index contributed by atoms with van der Waals surface area (Å²) in [6.07, 6.45) is 0. The maximum absolute atomic E-state index is 12.8. The maximum atomic E-state index is 12.8. The average Bonchev–Trinajstić information content (AvgIpc) is 2.75. The number of para-hydroxylation sites is 1. The molecule has 0 saturated carbocycles. The molecule has 10 heteroatoms. The van der Waals surface area contributed by atoms with Crippen molar-refractivity contribution >= 4 is 39.7 Å². The normalized spacial score (nSPS) is 12.1. The van der Waals surface area contributed by atoms with Gasteiger partial charge in [0.15, 0.2) is 9.84 Å². The summed E-state index contributed by atoms with van der Waals surface area (Å²) in [6, 6.07) is 12.0. The lowest BCUT2D eigenvalue weighted by Gasteiger charge is -2.18. The molecular weight excluding hydrogens is 459 g/mol. The summed E-state index contributed by atoms with van der Waals surface area (Å²) in [5.41, 5.74) is 8.26. The van der Waals surface area contributed by atoms with Crippen LogP contribution >= 0.6 is 7.14 Å². The van der Waals surface area contributed by atoms with E-state index in [0.717, 1.165) is 0 Å². The fourth-order valence-corrected chi connectivity index (χ4v) is 5.39. The van der Waals surface area contributed by atoms with Crippen LogP contribution in [-0.2, 0) is 14.4 Å². The molecule has 0 atom stereocenters. The van der Waals surface area contributed by atoms with E-state index in [1.165, 1.54) is 7.11 Å². The van der Waals surface area contributed by atoms with Gasteiger partial charge in [-0.2, -0.15) is 4.98 Å². The Hall–Kier alpha value is -2.90. The molecule has 0 spiro atoms. The number of nitrogens with one attached hydrogen (secondary N) is 1. The van der Waals surface area contributed by atoms with Gasteiger partial charge < -0.3 is 20.4 Å². The molecule has 2 aromatic carbocycles. The van der Waals surface area contributed by atoms with E-state index in [0.29, 0.717) is 39.4 Å². The minimum absolute atomic E-state index is 0.0186. The van der Waals surface area contributed by atoms with Gasteiger partial charge in [0.25, 0.3) is 0 Å². The molecular formula is C23H29N4O4PS. The number of nitrogen functional groups attached to an aromatic ring is 1. The minimum atomic E-state index is -3.53. The standard InChI is InChI=1S/C23H29N4O4PS/c1-14(2)33(29,30)20-10-8-7-9-18(20)25-22-15(3)21(26-23(24)27-22)17-12-11-16(32(5,6)28)13-19(17)31-4/h7-14H,1-6H3,(H3,24,25,26,27). The average molecular weight is 489 g/mol. The van der Waals surface area contributed by atoms with E-state index < -0.39 is 22.2 Å². The largest absolute Gasteiger partial charge is 0.496 e. The summed E-state index contributed by atoms with van der Waals surface area (Å²) in [5, 5.41) is 3.24. The number of hydrogen-bond acceptors (Lipinski definition) is 8. The number of benzene rings is 2. The number of nitrogens with zero attached hydrogens (tertiary/aromatic N) is 2. The molecule has 3 aromatic rings. The summed E-state index contributed by atoms with van der Waals surface area (Å²) >= 11 is 0. The third-order valence-corrected chi connectivity index (χ3v) is 9.02. The number of methoxy groups -OCH3 is 1. The van der Waals surface area contributed by atoms with Crippen molar-refractivity contribution in [2.24, 2.45) is 0 Å². The van der Waals surface area contributed by atoms with Crippen LogP contribution in [0.5, 0.6) is 5.75 Å². The Morgan fingerprint density at radius 1 is 1.09 bits per heavy atom. The highest BCUT2D eigenvalue weighted by atomic mass is 32.2. The summed E-state index contributed by atoms with van der Waals surface area (Å²) in [4.78, 5) is 8.90. The van der Waals surface area contributed by atoms with E-state index in [2.05, 4.69) is 15.3 Å². The van der Waals surface area contributed by atoms with Gasteiger partial charge in [-0.15, -0.1) is 0 Å². The van der Waals surface area contributed by atoms with Gasteiger partial charge in [-0.25, -0.2) is 13.4 Å². The van der Waals surface area contributed by atoms with Crippen molar-refractivity contribution in [3.63, 3.8) is 0 Å². The quantitative estimate of drug-likeness (QED) is 0.474. The first-order valence-electron chi connectivity index (χ1n) is 10.3. The number of nitrogens with two attached hydrogens (primary N) is 1. The Bertz CT molecular complexity index is 1350. The zero-order chi connectivity index (χ0) is 24.6. The van der Waals surface area contributed by atoms with E-state index in [1.807, 2.05) is 6.92 Å². The molecule has 1 heterocycles. The predicted molar refractivity (Wildman–Crippen MR) is 134 cm³/mol. The van der Waals surface area contributed by atoms with Crippen molar-refractivity contribution in [1.29, 1.82) is 0 Å². The SMILES string of the molecule is COc1cc(P(C)(C)=O)ccc1-c1nc(N)nc(Nc2ccccc2S(=O)(=O)C(C)C)c1C. The fourth-order valence-electron chi connectivity index (χ4n) is 3.33. The van der Waals surface area contributed by atoms with Crippen molar-refractivity contribution in [1.82, 2.24) is 9.97 Å². The predicted octanol–water partition coefficient (Wildman–Crippen LogP) is 4.22. The van der Waals surface area contributed by atoms with Crippen LogP contribution in [0.3, 0.4) is 0 Å². The topological polar surface area (TPSA) is 124 Å². The summed E-state index contributed by atoms with van der Waals surface area (Å²) in [7, 11) is -4.48. The molecule has 0 aliphatic heterocycles. The first-order chi connectivity index (χ1) is 15.4. The lowest BCUT2D eigenvalue weighted by Crippen LogP contribution is -2.16. The highest BCUT2D eigenvalue weighted by Gasteiger charge is 2.24. The molecule has 0 fully saturated rings. The third-order valence-electron chi connectivity index (χ3n) is 5.29. The smallest absolute Gasteiger partial charge is 0.222 e. The molecule has 3 N–H and O–H groups in total. The number of hydrogen-bond donors (Lipinski definition) is 2. The van der Waals surface area contributed by atoms with Gasteiger partial charge in [0.1, 0.15) is 18.7 Å². The van der Waals surface area contributed by atoms with Crippen molar-refractivity contribution in [3.8, 4) is 17.0 Å². The molecule has 0 aliphatic rings. The van der Waals surface area contributed by atoms with Crippen molar-refractivity contribution in [2.75, 3.05) is 31.5 Å². The number of sulfone groups is 1. The second-order valence-corrected chi connectivity index (χ2v) is 14.0. The first kappa shape index (κ1) is 24.7. The Morgan fingerprint density at radius 3 is 2.36 bits per heavy atom. The fraction of sp³-hybridized carbons (Fsp3) is 0.304. The Morgan fingerprint density at radius 2 is 1.76 bits per heavy atom. The van der Waals surface area contributed by atoms with Gasteiger partial charge in [0.2, 0.25) is 5.95 Å². The number of aromatic nitrogens is 2. The van der Waals surface area contributed by atoms with Gasteiger partial charge in [-0.1, -0.05) is 18.2 Å². The molecule has 0 amide bonds. The second-order valence-electron chi connectivity index (χ2n) is 8.35. The van der Waals surface area contributed by atoms with Crippen LogP contribution in [0, 0.1) is 6.92 Å². The van der Waals surface area contributed by atoms with Gasteiger partial charge in [-0.3, -0.25) is 0 Å². The molecule has 1 aromatic heterocycles.